The molecular formula is C14H18ClN3. The van der Waals surface area contributed by atoms with Gasteiger partial charge in [0.15, 0.2) is 0 Å². The van der Waals surface area contributed by atoms with Crippen molar-refractivity contribution in [2.75, 3.05) is 13.1 Å². The third kappa shape index (κ3) is 1.91. The average molecular weight is 264 g/mol. The van der Waals surface area contributed by atoms with Gasteiger partial charge in [0.1, 0.15) is 11.0 Å². The Labute approximate surface area is 112 Å². The molecule has 0 radical (unpaired) electrons. The monoisotopic (exact) mass is 263 g/mol. The van der Waals surface area contributed by atoms with Gasteiger partial charge in [-0.15, -0.1) is 0 Å². The van der Waals surface area contributed by atoms with E-state index < -0.39 is 0 Å². The third-order valence-corrected chi connectivity index (χ3v) is 4.14. The molecule has 1 unspecified atom stereocenters. The highest BCUT2D eigenvalue weighted by Gasteiger charge is 2.28. The SMILES string of the molecule is CC(C)N1CCC(c2ncc3cccc(Cl)n23)C1. The number of hydrogen-bond acceptors (Lipinski definition) is 2. The summed E-state index contributed by atoms with van der Waals surface area (Å²) in [5, 5.41) is 0.753. The van der Waals surface area contributed by atoms with E-state index in [1.807, 2.05) is 18.3 Å². The lowest BCUT2D eigenvalue weighted by atomic mass is 10.1. The molecule has 1 fully saturated rings. The van der Waals surface area contributed by atoms with Crippen molar-refractivity contribution in [1.82, 2.24) is 14.3 Å². The van der Waals surface area contributed by atoms with E-state index in [0.717, 1.165) is 29.6 Å². The molecular weight excluding hydrogens is 246 g/mol. The lowest BCUT2D eigenvalue weighted by Gasteiger charge is -2.20. The van der Waals surface area contributed by atoms with Crippen LogP contribution < -0.4 is 0 Å². The van der Waals surface area contributed by atoms with Gasteiger partial charge in [0.05, 0.1) is 11.7 Å². The molecule has 2 aromatic rings. The van der Waals surface area contributed by atoms with Crippen LogP contribution in [0.5, 0.6) is 0 Å². The Balaban J connectivity index is 1.96. The van der Waals surface area contributed by atoms with Gasteiger partial charge in [-0.2, -0.15) is 0 Å². The largest absolute Gasteiger partial charge is 0.300 e. The summed E-state index contributed by atoms with van der Waals surface area (Å²) in [7, 11) is 0. The van der Waals surface area contributed by atoms with Gasteiger partial charge >= 0.3 is 0 Å². The van der Waals surface area contributed by atoms with Crippen LogP contribution in [0, 0.1) is 0 Å². The zero-order chi connectivity index (χ0) is 12.7. The van der Waals surface area contributed by atoms with Crippen LogP contribution in [0.2, 0.25) is 5.15 Å². The average Bonchev–Trinajstić information content (AvgIpc) is 2.94. The molecule has 4 heteroatoms. The smallest absolute Gasteiger partial charge is 0.118 e. The molecule has 3 nitrogen and oxygen atoms in total. The second-order valence-corrected chi connectivity index (χ2v) is 5.69. The lowest BCUT2D eigenvalue weighted by molar-refractivity contribution is 0.272. The normalized spacial score (nSPS) is 21.2. The van der Waals surface area contributed by atoms with Crippen molar-refractivity contribution in [3.63, 3.8) is 0 Å². The highest BCUT2D eigenvalue weighted by molar-refractivity contribution is 6.29. The molecule has 1 aliphatic heterocycles. The molecule has 0 amide bonds. The van der Waals surface area contributed by atoms with Gasteiger partial charge in [0, 0.05) is 18.5 Å². The second-order valence-electron chi connectivity index (χ2n) is 5.30. The highest BCUT2D eigenvalue weighted by Crippen LogP contribution is 2.29. The van der Waals surface area contributed by atoms with E-state index in [2.05, 4.69) is 34.2 Å². The fourth-order valence-corrected chi connectivity index (χ4v) is 3.04. The molecule has 0 saturated carbocycles. The van der Waals surface area contributed by atoms with E-state index >= 15 is 0 Å². The van der Waals surface area contributed by atoms with Gasteiger partial charge in [-0.1, -0.05) is 17.7 Å². The Morgan fingerprint density at radius 2 is 2.22 bits per heavy atom. The summed E-state index contributed by atoms with van der Waals surface area (Å²) in [5.41, 5.74) is 1.08. The van der Waals surface area contributed by atoms with Crippen LogP contribution in [0.15, 0.2) is 24.4 Å². The van der Waals surface area contributed by atoms with Crippen molar-refractivity contribution in [2.24, 2.45) is 0 Å². The quantitative estimate of drug-likeness (QED) is 0.776. The number of likely N-dealkylation sites (tertiary alicyclic amines) is 1. The summed E-state index contributed by atoms with van der Waals surface area (Å²) in [4.78, 5) is 7.09. The minimum atomic E-state index is 0.495. The predicted octanol–water partition coefficient (Wildman–Crippen LogP) is 3.19. The number of hydrogen-bond donors (Lipinski definition) is 0. The Morgan fingerprint density at radius 1 is 1.39 bits per heavy atom. The Hall–Kier alpha value is -1.06. The van der Waals surface area contributed by atoms with Gasteiger partial charge in [-0.3, -0.25) is 4.40 Å². The molecule has 0 aliphatic carbocycles. The number of rotatable bonds is 2. The van der Waals surface area contributed by atoms with Crippen LogP contribution in [-0.2, 0) is 0 Å². The summed E-state index contributed by atoms with van der Waals surface area (Å²) in [5.74, 6) is 1.61. The second kappa shape index (κ2) is 4.56. The minimum absolute atomic E-state index is 0.495. The maximum absolute atomic E-state index is 6.29. The van der Waals surface area contributed by atoms with Crippen molar-refractivity contribution >= 4 is 17.1 Å². The van der Waals surface area contributed by atoms with Gasteiger partial charge in [0.25, 0.3) is 0 Å². The first-order valence-corrected chi connectivity index (χ1v) is 6.90. The molecule has 1 saturated heterocycles. The number of imidazole rings is 1. The van der Waals surface area contributed by atoms with E-state index in [4.69, 9.17) is 11.6 Å². The van der Waals surface area contributed by atoms with Crippen molar-refractivity contribution < 1.29 is 0 Å². The van der Waals surface area contributed by atoms with Crippen LogP contribution in [0.3, 0.4) is 0 Å². The molecule has 1 aliphatic rings. The van der Waals surface area contributed by atoms with Crippen LogP contribution in [0.4, 0.5) is 0 Å². The summed E-state index contributed by atoms with van der Waals surface area (Å²) in [6.07, 6.45) is 3.09. The molecule has 3 rings (SSSR count). The van der Waals surface area contributed by atoms with Gasteiger partial charge in [-0.05, 0) is 38.9 Å². The van der Waals surface area contributed by atoms with Gasteiger partial charge in [0.2, 0.25) is 0 Å². The molecule has 18 heavy (non-hydrogen) atoms. The topological polar surface area (TPSA) is 20.5 Å². The first-order valence-electron chi connectivity index (χ1n) is 6.52. The first kappa shape index (κ1) is 12.0. The first-order chi connectivity index (χ1) is 8.66. The van der Waals surface area contributed by atoms with E-state index in [1.165, 1.54) is 6.42 Å². The fraction of sp³-hybridized carbons (Fsp3) is 0.500. The molecule has 96 valence electrons. The Morgan fingerprint density at radius 3 is 2.94 bits per heavy atom. The van der Waals surface area contributed by atoms with Gasteiger partial charge in [-0.25, -0.2) is 4.98 Å². The molecule has 0 spiro atoms. The van der Waals surface area contributed by atoms with Gasteiger partial charge < -0.3 is 4.90 Å². The summed E-state index contributed by atoms with van der Waals surface area (Å²) >= 11 is 6.29. The Kier molecular flexibility index (Phi) is 3.04. The fourth-order valence-electron chi connectivity index (χ4n) is 2.79. The van der Waals surface area contributed by atoms with E-state index in [9.17, 15) is 0 Å². The number of halogens is 1. The molecule has 3 heterocycles. The number of aromatic nitrogens is 2. The van der Waals surface area contributed by atoms with E-state index in [0.29, 0.717) is 12.0 Å². The minimum Gasteiger partial charge on any atom is -0.300 e. The maximum Gasteiger partial charge on any atom is 0.118 e. The third-order valence-electron chi connectivity index (χ3n) is 3.85. The predicted molar refractivity (Wildman–Crippen MR) is 74.3 cm³/mol. The van der Waals surface area contributed by atoms with E-state index in [1.54, 1.807) is 0 Å². The highest BCUT2D eigenvalue weighted by atomic mass is 35.5. The Bertz CT molecular complexity index is 561. The van der Waals surface area contributed by atoms with Crippen molar-refractivity contribution in [2.45, 2.75) is 32.2 Å². The van der Waals surface area contributed by atoms with Crippen molar-refractivity contribution in [3.05, 3.63) is 35.4 Å². The van der Waals surface area contributed by atoms with Crippen molar-refractivity contribution in [3.8, 4) is 0 Å². The van der Waals surface area contributed by atoms with Crippen LogP contribution >= 0.6 is 11.6 Å². The number of fused-ring (bicyclic) bond motifs is 1. The van der Waals surface area contributed by atoms with Crippen LogP contribution in [0.1, 0.15) is 32.0 Å². The zero-order valence-corrected chi connectivity index (χ0v) is 11.6. The lowest BCUT2D eigenvalue weighted by Crippen LogP contribution is -2.28. The van der Waals surface area contributed by atoms with E-state index in [-0.39, 0.29) is 0 Å². The molecule has 0 bridgehead atoms. The summed E-state index contributed by atoms with van der Waals surface area (Å²) in [6.45, 7) is 6.74. The standard InChI is InChI=1S/C14H18ClN3/c1-10(2)17-7-6-11(9-17)14-16-8-12-4-3-5-13(15)18(12)14/h3-5,8,10-11H,6-7,9H2,1-2H3. The number of pyridine rings is 1. The molecule has 1 atom stereocenters. The maximum atomic E-state index is 6.29. The molecule has 2 aromatic heterocycles. The van der Waals surface area contributed by atoms with Crippen LogP contribution in [0.25, 0.3) is 5.52 Å². The van der Waals surface area contributed by atoms with Crippen LogP contribution in [-0.4, -0.2) is 33.4 Å². The summed E-state index contributed by atoms with van der Waals surface area (Å²) in [6, 6.07) is 6.56. The zero-order valence-electron chi connectivity index (χ0n) is 10.8. The summed E-state index contributed by atoms with van der Waals surface area (Å²) < 4.78 is 2.08. The van der Waals surface area contributed by atoms with Crippen molar-refractivity contribution in [1.29, 1.82) is 0 Å². The number of nitrogens with zero attached hydrogens (tertiary/aromatic N) is 3. The molecule has 0 aromatic carbocycles. The molecule has 0 N–H and O–H groups in total.